The second-order valence-electron chi connectivity index (χ2n) is 5.97. The number of rotatable bonds is 5. The van der Waals surface area contributed by atoms with Crippen LogP contribution in [-0.2, 0) is 14.3 Å². The van der Waals surface area contributed by atoms with Crippen molar-refractivity contribution in [2.75, 3.05) is 0 Å². The van der Waals surface area contributed by atoms with Crippen LogP contribution in [0.3, 0.4) is 0 Å². The Balaban J connectivity index is 2.39. The van der Waals surface area contributed by atoms with Crippen LogP contribution >= 0.6 is 15.9 Å². The lowest BCUT2D eigenvalue weighted by molar-refractivity contribution is -0.149. The third-order valence-corrected chi connectivity index (χ3v) is 4.58. The van der Waals surface area contributed by atoms with Gasteiger partial charge in [0.05, 0.1) is 0 Å². The Morgan fingerprint density at radius 1 is 1.27 bits per heavy atom. The topological polar surface area (TPSA) is 72.1 Å². The first-order valence-electron chi connectivity index (χ1n) is 8.02. The van der Waals surface area contributed by atoms with Crippen molar-refractivity contribution in [1.29, 1.82) is 5.26 Å². The number of Topliss-reactive ketones (excluding diaryl/α,β-unsaturated/α-hetero) is 1. The molecular formula is C20H19BrN2O3. The Morgan fingerprint density at radius 3 is 2.42 bits per heavy atom. The van der Waals surface area contributed by atoms with E-state index in [1.54, 1.807) is 0 Å². The van der Waals surface area contributed by atoms with Crippen molar-refractivity contribution in [3.05, 3.63) is 57.3 Å². The van der Waals surface area contributed by atoms with Gasteiger partial charge in [-0.05, 0) is 69.7 Å². The van der Waals surface area contributed by atoms with Crippen LogP contribution in [0.25, 0.3) is 11.8 Å². The van der Waals surface area contributed by atoms with Crippen LogP contribution in [0.4, 0.5) is 0 Å². The molecule has 0 aliphatic heterocycles. The molecule has 6 heteroatoms. The van der Waals surface area contributed by atoms with E-state index in [1.165, 1.54) is 19.9 Å². The van der Waals surface area contributed by atoms with Gasteiger partial charge in [-0.2, -0.15) is 5.26 Å². The number of ether oxygens (including phenoxy) is 1. The maximum atomic E-state index is 12.1. The molecule has 0 saturated heterocycles. The number of aromatic nitrogens is 1. The van der Waals surface area contributed by atoms with Gasteiger partial charge in [0.15, 0.2) is 11.9 Å². The maximum absolute atomic E-state index is 12.1. The molecule has 134 valence electrons. The largest absolute Gasteiger partial charge is 0.451 e. The predicted molar refractivity (Wildman–Crippen MR) is 103 cm³/mol. The summed E-state index contributed by atoms with van der Waals surface area (Å²) in [5, 5.41) is 9.31. The summed E-state index contributed by atoms with van der Waals surface area (Å²) in [5.74, 6) is -1.08. The van der Waals surface area contributed by atoms with Gasteiger partial charge in [0.2, 0.25) is 0 Å². The monoisotopic (exact) mass is 414 g/mol. The van der Waals surface area contributed by atoms with Crippen molar-refractivity contribution in [3.8, 4) is 11.8 Å². The van der Waals surface area contributed by atoms with Crippen molar-refractivity contribution < 1.29 is 14.3 Å². The van der Waals surface area contributed by atoms with Crippen LogP contribution in [0.1, 0.15) is 30.8 Å². The zero-order valence-corrected chi connectivity index (χ0v) is 16.6. The molecule has 1 unspecified atom stereocenters. The van der Waals surface area contributed by atoms with Gasteiger partial charge in [-0.15, -0.1) is 0 Å². The zero-order chi connectivity index (χ0) is 19.4. The van der Waals surface area contributed by atoms with E-state index in [0.29, 0.717) is 0 Å². The number of esters is 1. The summed E-state index contributed by atoms with van der Waals surface area (Å²) < 4.78 is 8.04. The van der Waals surface area contributed by atoms with Crippen molar-refractivity contribution in [2.45, 2.75) is 33.8 Å². The summed E-state index contributed by atoms with van der Waals surface area (Å²) in [6.07, 6.45) is 0.613. The maximum Gasteiger partial charge on any atom is 0.349 e. The van der Waals surface area contributed by atoms with Crippen LogP contribution in [0.5, 0.6) is 0 Å². The third kappa shape index (κ3) is 4.30. The molecular weight excluding hydrogens is 396 g/mol. The Hall–Kier alpha value is -2.65. The number of hydrogen-bond acceptors (Lipinski definition) is 4. The van der Waals surface area contributed by atoms with E-state index in [1.807, 2.05) is 54.8 Å². The third-order valence-electron chi connectivity index (χ3n) is 4.05. The highest BCUT2D eigenvalue weighted by Gasteiger charge is 2.19. The Morgan fingerprint density at radius 2 is 1.88 bits per heavy atom. The summed E-state index contributed by atoms with van der Waals surface area (Å²) in [6.45, 7) is 6.68. The molecule has 0 N–H and O–H groups in total. The molecule has 5 nitrogen and oxygen atoms in total. The smallest absolute Gasteiger partial charge is 0.349 e. The van der Waals surface area contributed by atoms with Crippen LogP contribution in [0.2, 0.25) is 0 Å². The molecule has 0 radical (unpaired) electrons. The first kappa shape index (κ1) is 19.7. The van der Waals surface area contributed by atoms with E-state index in [9.17, 15) is 14.9 Å². The number of carbonyl (C=O) groups is 2. The molecule has 1 aromatic carbocycles. The number of ketones is 1. The molecule has 0 spiro atoms. The molecule has 0 fully saturated rings. The van der Waals surface area contributed by atoms with Crippen molar-refractivity contribution in [1.82, 2.24) is 4.57 Å². The number of benzene rings is 1. The van der Waals surface area contributed by atoms with E-state index >= 15 is 0 Å². The van der Waals surface area contributed by atoms with Gasteiger partial charge in [-0.1, -0.05) is 15.9 Å². The van der Waals surface area contributed by atoms with Gasteiger partial charge >= 0.3 is 5.97 Å². The summed E-state index contributed by atoms with van der Waals surface area (Å²) in [4.78, 5) is 23.4. The van der Waals surface area contributed by atoms with Crippen LogP contribution in [0, 0.1) is 25.2 Å². The number of carbonyl (C=O) groups excluding carboxylic acids is 2. The fourth-order valence-corrected chi connectivity index (χ4v) is 2.78. The molecule has 1 atom stereocenters. The highest BCUT2D eigenvalue weighted by molar-refractivity contribution is 9.10. The number of hydrogen-bond donors (Lipinski definition) is 0. The average molecular weight is 415 g/mol. The second kappa shape index (κ2) is 8.15. The first-order valence-corrected chi connectivity index (χ1v) is 8.82. The fraction of sp³-hybridized carbons (Fsp3) is 0.250. The van der Waals surface area contributed by atoms with Gasteiger partial charge < -0.3 is 9.30 Å². The molecule has 0 aliphatic carbocycles. The summed E-state index contributed by atoms with van der Waals surface area (Å²) in [6, 6.07) is 11.6. The predicted octanol–water partition coefficient (Wildman–Crippen LogP) is 4.28. The normalized spacial score (nSPS) is 12.4. The van der Waals surface area contributed by atoms with E-state index < -0.39 is 12.1 Å². The van der Waals surface area contributed by atoms with Gasteiger partial charge in [-0.3, -0.25) is 4.79 Å². The van der Waals surface area contributed by atoms with E-state index in [-0.39, 0.29) is 11.4 Å². The quantitative estimate of drug-likeness (QED) is 0.415. The Labute approximate surface area is 161 Å². The molecule has 2 aromatic rings. The first-order chi connectivity index (χ1) is 12.2. The molecule has 1 aromatic heterocycles. The van der Waals surface area contributed by atoms with E-state index in [2.05, 4.69) is 15.9 Å². The molecule has 0 aliphatic rings. The van der Waals surface area contributed by atoms with Crippen molar-refractivity contribution in [2.24, 2.45) is 0 Å². The van der Waals surface area contributed by atoms with Crippen LogP contribution < -0.4 is 0 Å². The molecule has 2 rings (SSSR count). The van der Waals surface area contributed by atoms with Crippen LogP contribution in [0.15, 0.2) is 40.4 Å². The van der Waals surface area contributed by atoms with E-state index in [4.69, 9.17) is 4.74 Å². The molecule has 1 heterocycles. The lowest BCUT2D eigenvalue weighted by Crippen LogP contribution is -2.22. The Bertz CT molecular complexity index is 918. The van der Waals surface area contributed by atoms with Crippen LogP contribution in [-0.4, -0.2) is 22.4 Å². The minimum atomic E-state index is -0.880. The van der Waals surface area contributed by atoms with Gasteiger partial charge in [0.1, 0.15) is 11.6 Å². The zero-order valence-electron chi connectivity index (χ0n) is 15.0. The molecule has 0 saturated carbocycles. The summed E-state index contributed by atoms with van der Waals surface area (Å²) in [7, 11) is 0. The lowest BCUT2D eigenvalue weighted by Gasteiger charge is -2.10. The average Bonchev–Trinajstić information content (AvgIpc) is 2.87. The van der Waals surface area contributed by atoms with Gasteiger partial charge in [0, 0.05) is 21.5 Å². The Kier molecular flexibility index (Phi) is 6.17. The second-order valence-corrected chi connectivity index (χ2v) is 6.88. The fourth-order valence-electron chi connectivity index (χ4n) is 2.52. The lowest BCUT2D eigenvalue weighted by atomic mass is 10.1. The minimum Gasteiger partial charge on any atom is -0.451 e. The van der Waals surface area contributed by atoms with E-state index in [0.717, 1.165) is 27.1 Å². The number of aryl methyl sites for hydroxylation is 1. The summed E-state index contributed by atoms with van der Waals surface area (Å²) in [5.41, 5.74) is 3.45. The van der Waals surface area contributed by atoms with Gasteiger partial charge in [0.25, 0.3) is 0 Å². The minimum absolute atomic E-state index is 0.144. The van der Waals surface area contributed by atoms with Gasteiger partial charge in [-0.25, -0.2) is 4.79 Å². The highest BCUT2D eigenvalue weighted by Crippen LogP contribution is 2.24. The number of nitrogens with zero attached hydrogens (tertiary/aromatic N) is 2. The molecule has 26 heavy (non-hydrogen) atoms. The number of halogens is 1. The van der Waals surface area contributed by atoms with Crippen molar-refractivity contribution >= 4 is 33.8 Å². The molecule has 0 bridgehead atoms. The SMILES string of the molecule is CC(=O)C(C)OC(=O)/C(C#N)=C/c1cc(C)n(-c2ccc(Br)cc2)c1C. The number of nitriles is 1. The highest BCUT2D eigenvalue weighted by atomic mass is 79.9. The summed E-state index contributed by atoms with van der Waals surface area (Å²) >= 11 is 3.42. The standard InChI is InChI=1S/C20H19BrN2O3/c1-12-9-16(10-17(11-22)20(25)26-15(4)14(3)24)13(2)23(12)19-7-5-18(21)6-8-19/h5-10,15H,1-4H3/b17-10+. The van der Waals surface area contributed by atoms with Crippen molar-refractivity contribution in [3.63, 3.8) is 0 Å². The molecule has 0 amide bonds.